The van der Waals surface area contributed by atoms with E-state index in [9.17, 15) is 4.79 Å². The number of para-hydroxylation sites is 2. The molecule has 1 aromatic carbocycles. The van der Waals surface area contributed by atoms with Crippen LogP contribution in [0.2, 0.25) is 0 Å². The van der Waals surface area contributed by atoms with Gasteiger partial charge >= 0.3 is 0 Å². The van der Waals surface area contributed by atoms with Crippen LogP contribution in [0.25, 0.3) is 11.0 Å². The molecule has 0 N–H and O–H groups in total. The lowest BCUT2D eigenvalue weighted by Gasteiger charge is -2.02. The zero-order chi connectivity index (χ0) is 13.9. The van der Waals surface area contributed by atoms with Gasteiger partial charge in [-0.05, 0) is 23.8 Å². The molecule has 0 aliphatic carbocycles. The summed E-state index contributed by atoms with van der Waals surface area (Å²) in [6.07, 6.45) is 4.18. The van der Waals surface area contributed by atoms with Gasteiger partial charge in [0, 0.05) is 25.9 Å². The van der Waals surface area contributed by atoms with Crippen molar-refractivity contribution in [1.82, 2.24) is 14.5 Å². The lowest BCUT2D eigenvalue weighted by Crippen LogP contribution is -2.10. The molecule has 4 heteroatoms. The van der Waals surface area contributed by atoms with Gasteiger partial charge in [-0.2, -0.15) is 0 Å². The van der Waals surface area contributed by atoms with Crippen molar-refractivity contribution in [3.05, 3.63) is 60.2 Å². The summed E-state index contributed by atoms with van der Waals surface area (Å²) in [5, 5.41) is 0. The number of carbonyl (C=O) groups excluding carboxylic acids is 1. The number of hydrogen-bond acceptors (Lipinski definition) is 3. The van der Waals surface area contributed by atoms with Crippen LogP contribution >= 0.6 is 0 Å². The van der Waals surface area contributed by atoms with E-state index in [1.54, 1.807) is 12.4 Å². The first-order chi connectivity index (χ1) is 9.74. The number of hydrogen-bond donors (Lipinski definition) is 0. The molecule has 20 heavy (non-hydrogen) atoms. The molecule has 2 heterocycles. The maximum absolute atomic E-state index is 12.1. The van der Waals surface area contributed by atoms with E-state index in [-0.39, 0.29) is 5.78 Å². The number of benzene rings is 1. The maximum atomic E-state index is 12.1. The quantitative estimate of drug-likeness (QED) is 0.727. The van der Waals surface area contributed by atoms with Gasteiger partial charge in [-0.1, -0.05) is 18.2 Å². The first kappa shape index (κ1) is 12.5. The van der Waals surface area contributed by atoms with Crippen LogP contribution in [0.1, 0.15) is 11.4 Å². The molecule has 0 amide bonds. The number of aromatic nitrogens is 3. The van der Waals surface area contributed by atoms with Gasteiger partial charge < -0.3 is 4.57 Å². The van der Waals surface area contributed by atoms with E-state index in [1.165, 1.54) is 0 Å². The second-order valence-corrected chi connectivity index (χ2v) is 4.83. The molecule has 0 aliphatic heterocycles. The highest BCUT2D eigenvalue weighted by atomic mass is 16.1. The van der Waals surface area contributed by atoms with E-state index in [0.717, 1.165) is 22.4 Å². The van der Waals surface area contributed by atoms with E-state index in [0.29, 0.717) is 12.8 Å². The average Bonchev–Trinajstić information content (AvgIpc) is 2.77. The number of pyridine rings is 1. The SMILES string of the molecule is Cn1c(CC(=O)Cc2cccnc2)nc2ccccc21. The van der Waals surface area contributed by atoms with Crippen LogP contribution < -0.4 is 0 Å². The van der Waals surface area contributed by atoms with Gasteiger partial charge in [0.05, 0.1) is 17.5 Å². The summed E-state index contributed by atoms with van der Waals surface area (Å²) in [5.74, 6) is 0.955. The van der Waals surface area contributed by atoms with Crippen molar-refractivity contribution >= 4 is 16.8 Å². The molecule has 0 atom stereocenters. The van der Waals surface area contributed by atoms with Crippen molar-refractivity contribution in [2.24, 2.45) is 7.05 Å². The van der Waals surface area contributed by atoms with Crippen LogP contribution in [-0.4, -0.2) is 20.3 Å². The normalized spacial score (nSPS) is 10.8. The summed E-state index contributed by atoms with van der Waals surface area (Å²) in [6.45, 7) is 0. The Hall–Kier alpha value is -2.49. The Morgan fingerprint density at radius 2 is 2.00 bits per heavy atom. The Kier molecular flexibility index (Phi) is 3.29. The van der Waals surface area contributed by atoms with E-state index in [2.05, 4.69) is 9.97 Å². The molecule has 0 unspecified atom stereocenters. The molecule has 4 nitrogen and oxygen atoms in total. The molecule has 100 valence electrons. The molecule has 0 bridgehead atoms. The Bertz CT molecular complexity index is 747. The highest BCUT2D eigenvalue weighted by molar-refractivity contribution is 5.84. The molecule has 3 aromatic rings. The number of carbonyl (C=O) groups is 1. The number of imidazole rings is 1. The van der Waals surface area contributed by atoms with Gasteiger partial charge in [-0.15, -0.1) is 0 Å². The highest BCUT2D eigenvalue weighted by Gasteiger charge is 2.12. The van der Waals surface area contributed by atoms with Crippen molar-refractivity contribution in [2.75, 3.05) is 0 Å². The maximum Gasteiger partial charge on any atom is 0.144 e. The number of aryl methyl sites for hydroxylation is 1. The lowest BCUT2D eigenvalue weighted by atomic mass is 10.1. The van der Waals surface area contributed by atoms with Gasteiger partial charge in [-0.3, -0.25) is 9.78 Å². The summed E-state index contributed by atoms with van der Waals surface area (Å²) < 4.78 is 1.98. The second-order valence-electron chi connectivity index (χ2n) is 4.83. The Morgan fingerprint density at radius 3 is 2.75 bits per heavy atom. The zero-order valence-electron chi connectivity index (χ0n) is 11.3. The van der Waals surface area contributed by atoms with Crippen molar-refractivity contribution in [3.63, 3.8) is 0 Å². The molecule has 0 fully saturated rings. The summed E-state index contributed by atoms with van der Waals surface area (Å²) in [4.78, 5) is 20.7. The van der Waals surface area contributed by atoms with E-state index in [4.69, 9.17) is 0 Å². The van der Waals surface area contributed by atoms with Crippen LogP contribution in [0.4, 0.5) is 0 Å². The summed E-state index contributed by atoms with van der Waals surface area (Å²) in [6, 6.07) is 11.7. The molecule has 0 saturated heterocycles. The molecule has 0 aliphatic rings. The summed E-state index contributed by atoms with van der Waals surface area (Å²) in [7, 11) is 1.95. The average molecular weight is 265 g/mol. The molecule has 0 spiro atoms. The smallest absolute Gasteiger partial charge is 0.144 e. The zero-order valence-corrected chi connectivity index (χ0v) is 11.3. The van der Waals surface area contributed by atoms with E-state index < -0.39 is 0 Å². The van der Waals surface area contributed by atoms with Crippen LogP contribution in [0, 0.1) is 0 Å². The molecule has 3 rings (SSSR count). The fourth-order valence-electron chi connectivity index (χ4n) is 2.32. The molecular weight excluding hydrogens is 250 g/mol. The van der Waals surface area contributed by atoms with Gasteiger partial charge in [-0.25, -0.2) is 4.98 Å². The predicted molar refractivity (Wildman–Crippen MR) is 77.4 cm³/mol. The topological polar surface area (TPSA) is 47.8 Å². The van der Waals surface area contributed by atoms with E-state index in [1.807, 2.05) is 48.0 Å². The number of fused-ring (bicyclic) bond motifs is 1. The van der Waals surface area contributed by atoms with Gasteiger partial charge in [0.15, 0.2) is 0 Å². The number of nitrogens with zero attached hydrogens (tertiary/aromatic N) is 3. The first-order valence-electron chi connectivity index (χ1n) is 6.55. The van der Waals surface area contributed by atoms with Crippen molar-refractivity contribution in [2.45, 2.75) is 12.8 Å². The minimum atomic E-state index is 0.149. The van der Waals surface area contributed by atoms with Crippen molar-refractivity contribution in [1.29, 1.82) is 0 Å². The van der Waals surface area contributed by atoms with Gasteiger partial charge in [0.2, 0.25) is 0 Å². The van der Waals surface area contributed by atoms with E-state index >= 15 is 0 Å². The fraction of sp³-hybridized carbons (Fsp3) is 0.188. The standard InChI is InChI=1S/C16H15N3O/c1-19-15-7-3-2-6-14(15)18-16(19)10-13(20)9-12-5-4-8-17-11-12/h2-8,11H,9-10H2,1H3. The third-order valence-electron chi connectivity index (χ3n) is 3.36. The summed E-state index contributed by atoms with van der Waals surface area (Å²) in [5.41, 5.74) is 2.92. The van der Waals surface area contributed by atoms with Crippen molar-refractivity contribution in [3.8, 4) is 0 Å². The largest absolute Gasteiger partial charge is 0.331 e. The number of rotatable bonds is 4. The van der Waals surface area contributed by atoms with Crippen molar-refractivity contribution < 1.29 is 4.79 Å². The van der Waals surface area contributed by atoms with Crippen LogP contribution in [0.3, 0.4) is 0 Å². The second kappa shape index (κ2) is 5.25. The Labute approximate surface area is 117 Å². The minimum Gasteiger partial charge on any atom is -0.331 e. The Morgan fingerprint density at radius 1 is 1.15 bits per heavy atom. The van der Waals surface area contributed by atoms with Crippen LogP contribution in [0.5, 0.6) is 0 Å². The highest BCUT2D eigenvalue weighted by Crippen LogP contribution is 2.15. The molecule has 0 radical (unpaired) electrons. The third kappa shape index (κ3) is 2.45. The fourth-order valence-corrected chi connectivity index (χ4v) is 2.32. The molecule has 0 saturated carbocycles. The van der Waals surface area contributed by atoms with Crippen LogP contribution in [-0.2, 0) is 24.7 Å². The summed E-state index contributed by atoms with van der Waals surface area (Å²) >= 11 is 0. The first-order valence-corrected chi connectivity index (χ1v) is 6.55. The minimum absolute atomic E-state index is 0.149. The van der Waals surface area contributed by atoms with Gasteiger partial charge in [0.1, 0.15) is 11.6 Å². The third-order valence-corrected chi connectivity index (χ3v) is 3.36. The monoisotopic (exact) mass is 265 g/mol. The van der Waals surface area contributed by atoms with Gasteiger partial charge in [0.25, 0.3) is 0 Å². The molecular formula is C16H15N3O. The lowest BCUT2D eigenvalue weighted by molar-refractivity contribution is -0.117. The number of Topliss-reactive ketones (excluding diaryl/α,β-unsaturated/α-hetero) is 1. The molecule has 2 aromatic heterocycles. The number of ketones is 1. The predicted octanol–water partition coefficient (Wildman–Crippen LogP) is 2.32. The van der Waals surface area contributed by atoms with Crippen LogP contribution in [0.15, 0.2) is 48.8 Å². The Balaban J connectivity index is 1.79.